The minimum atomic E-state index is -0.202. The Hall–Kier alpha value is -7.41. The van der Waals surface area contributed by atoms with Crippen molar-refractivity contribution in [1.82, 2.24) is 15.2 Å². The maximum Gasteiger partial charge on any atom is 0.159 e. The molecule has 0 amide bonds. The summed E-state index contributed by atoms with van der Waals surface area (Å²) in [4.78, 5) is 5.18. The standard InChI is InChI=1S/C51H34N4O2/c1-3-13-31(14-4-1)49-52-50(32-15-5-2-6-16-32)54-51(53-49)34-26-28-44-40(29-34)38-27-25-33(30-46(38)56-44)35-19-12-24-45-47(35)39-20-11-23-43(48(39)57-45)55-41-21-9-7-17-36(41)37-18-8-10-22-42(37)55/h1-30,49-50,52H,(H,53,54). The molecule has 1 aliphatic heterocycles. The zero-order chi connectivity index (χ0) is 37.5. The quantitative estimate of drug-likeness (QED) is 0.185. The minimum Gasteiger partial charge on any atom is -0.456 e. The number of nitrogens with one attached hydrogen (secondary N) is 2. The van der Waals surface area contributed by atoms with Gasteiger partial charge in [-0.2, -0.15) is 0 Å². The molecule has 0 saturated heterocycles. The molecule has 0 radical (unpaired) electrons. The van der Waals surface area contributed by atoms with Crippen LogP contribution in [-0.2, 0) is 0 Å². The Kier molecular flexibility index (Phi) is 7.03. The predicted molar refractivity (Wildman–Crippen MR) is 232 cm³/mol. The highest BCUT2D eigenvalue weighted by Gasteiger charge is 2.26. The molecule has 2 N–H and O–H groups in total. The van der Waals surface area contributed by atoms with E-state index in [4.69, 9.17) is 13.8 Å². The average molecular weight is 735 g/mol. The van der Waals surface area contributed by atoms with Gasteiger partial charge in [-0.1, -0.05) is 127 Å². The van der Waals surface area contributed by atoms with E-state index >= 15 is 0 Å². The molecular formula is C51H34N4O2. The number of hydrogen-bond acceptors (Lipinski definition) is 5. The summed E-state index contributed by atoms with van der Waals surface area (Å²) in [6.45, 7) is 0. The molecule has 2 unspecified atom stereocenters. The molecule has 1 aliphatic rings. The van der Waals surface area contributed by atoms with Crippen LogP contribution in [0, 0.1) is 0 Å². The summed E-state index contributed by atoms with van der Waals surface area (Å²) in [5, 5.41) is 14.1. The molecule has 3 aromatic heterocycles. The smallest absolute Gasteiger partial charge is 0.159 e. The Balaban J connectivity index is 0.964. The van der Waals surface area contributed by atoms with Crippen molar-refractivity contribution in [2.45, 2.75) is 12.3 Å². The largest absolute Gasteiger partial charge is 0.456 e. The molecule has 0 bridgehead atoms. The van der Waals surface area contributed by atoms with E-state index in [2.05, 4.69) is 185 Å². The molecule has 57 heavy (non-hydrogen) atoms. The number of furan rings is 2. The second-order valence-electron chi connectivity index (χ2n) is 14.8. The van der Waals surface area contributed by atoms with Gasteiger partial charge < -0.3 is 18.7 Å². The number of rotatable bonds is 5. The first kappa shape index (κ1) is 31.9. The first-order valence-corrected chi connectivity index (χ1v) is 19.4. The Morgan fingerprint density at radius 2 is 1.16 bits per heavy atom. The van der Waals surface area contributed by atoms with Crippen molar-refractivity contribution in [2.24, 2.45) is 4.99 Å². The van der Waals surface area contributed by atoms with Gasteiger partial charge in [0.1, 0.15) is 34.9 Å². The van der Waals surface area contributed by atoms with Gasteiger partial charge in [0.25, 0.3) is 0 Å². The Morgan fingerprint density at radius 3 is 1.95 bits per heavy atom. The van der Waals surface area contributed by atoms with E-state index in [0.717, 1.165) is 94.3 Å². The number of para-hydroxylation sites is 3. The first-order valence-electron chi connectivity index (χ1n) is 19.4. The van der Waals surface area contributed by atoms with Crippen LogP contribution >= 0.6 is 0 Å². The van der Waals surface area contributed by atoms with E-state index in [1.807, 2.05) is 12.1 Å². The van der Waals surface area contributed by atoms with Crippen LogP contribution in [0.1, 0.15) is 29.0 Å². The summed E-state index contributed by atoms with van der Waals surface area (Å²) in [6.07, 6.45) is -0.310. The van der Waals surface area contributed by atoms with E-state index in [9.17, 15) is 0 Å². The number of benzene rings is 8. The van der Waals surface area contributed by atoms with Gasteiger partial charge in [-0.05, 0) is 76.9 Å². The van der Waals surface area contributed by atoms with Gasteiger partial charge in [-0.15, -0.1) is 0 Å². The molecule has 12 rings (SSSR count). The van der Waals surface area contributed by atoms with E-state index in [1.165, 1.54) is 10.8 Å². The Bertz CT molecular complexity index is 3320. The third-order valence-corrected chi connectivity index (χ3v) is 11.5. The third kappa shape index (κ3) is 5.04. The normalized spacial score (nSPS) is 15.9. The van der Waals surface area contributed by atoms with Crippen LogP contribution in [0.4, 0.5) is 0 Å². The molecule has 0 spiro atoms. The fraction of sp³-hybridized carbons (Fsp3) is 0.0392. The molecule has 4 heterocycles. The van der Waals surface area contributed by atoms with Crippen molar-refractivity contribution >= 4 is 71.5 Å². The van der Waals surface area contributed by atoms with Crippen LogP contribution in [0.5, 0.6) is 0 Å². The predicted octanol–water partition coefficient (Wildman–Crippen LogP) is 12.6. The molecule has 6 nitrogen and oxygen atoms in total. The van der Waals surface area contributed by atoms with E-state index in [-0.39, 0.29) is 12.3 Å². The van der Waals surface area contributed by atoms with Crippen molar-refractivity contribution < 1.29 is 8.83 Å². The third-order valence-electron chi connectivity index (χ3n) is 11.5. The molecule has 270 valence electrons. The molecule has 0 fully saturated rings. The second-order valence-corrected chi connectivity index (χ2v) is 14.8. The number of aliphatic imine (C=N–C) groups is 1. The Morgan fingerprint density at radius 1 is 0.474 bits per heavy atom. The molecule has 0 saturated carbocycles. The van der Waals surface area contributed by atoms with Crippen molar-refractivity contribution in [3.63, 3.8) is 0 Å². The number of fused-ring (bicyclic) bond motifs is 9. The minimum absolute atomic E-state index is 0.108. The molecule has 0 aliphatic carbocycles. The maximum absolute atomic E-state index is 6.78. The summed E-state index contributed by atoms with van der Waals surface area (Å²) in [7, 11) is 0. The second kappa shape index (κ2) is 12.6. The molecule has 2 atom stereocenters. The number of nitrogens with zero attached hydrogens (tertiary/aromatic N) is 2. The highest BCUT2D eigenvalue weighted by Crippen LogP contribution is 2.42. The van der Waals surface area contributed by atoms with Crippen molar-refractivity contribution in [2.75, 3.05) is 0 Å². The van der Waals surface area contributed by atoms with Gasteiger partial charge >= 0.3 is 0 Å². The fourth-order valence-corrected chi connectivity index (χ4v) is 8.85. The summed E-state index contributed by atoms with van der Waals surface area (Å²) < 4.78 is 15.7. The summed E-state index contributed by atoms with van der Waals surface area (Å²) in [5.41, 5.74) is 12.1. The first-order chi connectivity index (χ1) is 28.2. The number of hydrogen-bond donors (Lipinski definition) is 2. The monoisotopic (exact) mass is 734 g/mol. The van der Waals surface area contributed by atoms with Crippen LogP contribution in [0.15, 0.2) is 196 Å². The lowest BCUT2D eigenvalue weighted by Gasteiger charge is -2.32. The molecule has 8 aromatic carbocycles. The lowest BCUT2D eigenvalue weighted by Crippen LogP contribution is -2.44. The average Bonchev–Trinajstić information content (AvgIpc) is 3.96. The van der Waals surface area contributed by atoms with Crippen LogP contribution in [0.2, 0.25) is 0 Å². The van der Waals surface area contributed by atoms with Gasteiger partial charge in [0.05, 0.1) is 16.7 Å². The summed E-state index contributed by atoms with van der Waals surface area (Å²) in [6, 6.07) is 63.7. The lowest BCUT2D eigenvalue weighted by atomic mass is 9.98. The van der Waals surface area contributed by atoms with Gasteiger partial charge in [-0.3, -0.25) is 5.32 Å². The van der Waals surface area contributed by atoms with Crippen LogP contribution in [0.3, 0.4) is 0 Å². The fourth-order valence-electron chi connectivity index (χ4n) is 8.85. The van der Waals surface area contributed by atoms with E-state index < -0.39 is 0 Å². The van der Waals surface area contributed by atoms with Gasteiger partial charge in [0, 0.05) is 37.9 Å². The van der Waals surface area contributed by atoms with Gasteiger partial charge in [-0.25, -0.2) is 4.99 Å². The van der Waals surface area contributed by atoms with E-state index in [0.29, 0.717) is 0 Å². The maximum atomic E-state index is 6.78. The SMILES string of the molecule is c1ccc(C2N=C(c3ccc4oc5cc(-c6cccc7oc8c(-n9c%10ccccc%10c%10ccccc%109)cccc8c67)ccc5c4c3)NC(c3ccccc3)N2)cc1. The van der Waals surface area contributed by atoms with Crippen LogP contribution < -0.4 is 10.6 Å². The highest BCUT2D eigenvalue weighted by atomic mass is 16.3. The lowest BCUT2D eigenvalue weighted by molar-refractivity contribution is 0.409. The summed E-state index contributed by atoms with van der Waals surface area (Å²) in [5.74, 6) is 0.836. The van der Waals surface area contributed by atoms with Gasteiger partial charge in [0.15, 0.2) is 5.58 Å². The van der Waals surface area contributed by atoms with Crippen molar-refractivity contribution in [3.05, 3.63) is 199 Å². The molecular weight excluding hydrogens is 701 g/mol. The molecule has 11 aromatic rings. The number of aromatic nitrogens is 1. The highest BCUT2D eigenvalue weighted by molar-refractivity contribution is 6.17. The number of amidine groups is 1. The van der Waals surface area contributed by atoms with Crippen LogP contribution in [-0.4, -0.2) is 10.4 Å². The van der Waals surface area contributed by atoms with Gasteiger partial charge in [0.2, 0.25) is 0 Å². The van der Waals surface area contributed by atoms with Crippen molar-refractivity contribution in [3.8, 4) is 16.8 Å². The topological polar surface area (TPSA) is 67.6 Å². The molecule has 6 heteroatoms. The zero-order valence-electron chi connectivity index (χ0n) is 30.7. The van der Waals surface area contributed by atoms with E-state index in [1.54, 1.807) is 0 Å². The zero-order valence-corrected chi connectivity index (χ0v) is 30.7. The Labute approximate surface area is 327 Å². The van der Waals surface area contributed by atoms with Crippen LogP contribution in [0.25, 0.3) is 82.5 Å². The van der Waals surface area contributed by atoms with Crippen molar-refractivity contribution in [1.29, 1.82) is 0 Å². The summed E-state index contributed by atoms with van der Waals surface area (Å²) >= 11 is 0.